The minimum absolute atomic E-state index is 0.0197. The third-order valence-electron chi connectivity index (χ3n) is 2.91. The topological polar surface area (TPSA) is 50.4 Å². The van der Waals surface area contributed by atoms with Gasteiger partial charge in [0, 0.05) is 12.0 Å². The second kappa shape index (κ2) is 6.24. The van der Waals surface area contributed by atoms with E-state index in [-0.39, 0.29) is 5.41 Å². The van der Waals surface area contributed by atoms with E-state index in [1.165, 1.54) is 11.1 Å². The summed E-state index contributed by atoms with van der Waals surface area (Å²) < 4.78 is 0. The third-order valence-corrected chi connectivity index (χ3v) is 2.91. The number of nitrogens with zero attached hydrogens (tertiary/aromatic N) is 1. The number of aliphatic imine (C=N–C) groups is 1. The van der Waals surface area contributed by atoms with Gasteiger partial charge in [0.25, 0.3) is 0 Å². The maximum atomic E-state index is 5.76. The van der Waals surface area contributed by atoms with Gasteiger partial charge in [-0.1, -0.05) is 49.8 Å². The molecule has 0 fully saturated rings. The van der Waals surface area contributed by atoms with Crippen molar-refractivity contribution in [2.45, 2.75) is 26.2 Å². The zero-order valence-corrected chi connectivity index (χ0v) is 11.5. The summed E-state index contributed by atoms with van der Waals surface area (Å²) in [6.45, 7) is 11.3. The van der Waals surface area contributed by atoms with Crippen LogP contribution in [0, 0.1) is 6.92 Å². The van der Waals surface area contributed by atoms with E-state index in [0.717, 1.165) is 0 Å². The molecular weight excluding hydrogens is 222 g/mol. The van der Waals surface area contributed by atoms with Crippen molar-refractivity contribution < 1.29 is 0 Å². The molecule has 0 aromatic heterocycles. The summed E-state index contributed by atoms with van der Waals surface area (Å²) in [6.07, 6.45) is 1.76. The Morgan fingerprint density at radius 2 is 2.00 bits per heavy atom. The summed E-state index contributed by atoms with van der Waals surface area (Å²) >= 11 is 0. The van der Waals surface area contributed by atoms with Crippen molar-refractivity contribution in [3.05, 3.63) is 48.0 Å². The van der Waals surface area contributed by atoms with Gasteiger partial charge in [-0.3, -0.25) is 4.99 Å². The number of guanidine groups is 1. The first-order chi connectivity index (χ1) is 8.45. The van der Waals surface area contributed by atoms with Crippen molar-refractivity contribution in [1.29, 1.82) is 0 Å². The number of aryl methyl sites for hydroxylation is 1. The standard InChI is InChI=1S/C15H23N3/c1-5-10-17-14(16)18-11-15(3,4)13-8-6-12(2)7-9-13/h5-9H,1,10-11H2,2-4H3,(H3,16,17,18). The molecule has 0 saturated carbocycles. The number of benzene rings is 1. The van der Waals surface area contributed by atoms with Gasteiger partial charge in [-0.2, -0.15) is 0 Å². The van der Waals surface area contributed by atoms with Gasteiger partial charge < -0.3 is 11.1 Å². The minimum Gasteiger partial charge on any atom is -0.370 e. The highest BCUT2D eigenvalue weighted by Gasteiger charge is 2.19. The number of rotatable bonds is 5. The first-order valence-corrected chi connectivity index (χ1v) is 6.17. The Labute approximate surface area is 110 Å². The van der Waals surface area contributed by atoms with Crippen LogP contribution in [-0.2, 0) is 5.41 Å². The zero-order valence-electron chi connectivity index (χ0n) is 11.5. The summed E-state index contributed by atoms with van der Waals surface area (Å²) in [6, 6.07) is 8.55. The molecule has 0 amide bonds. The van der Waals surface area contributed by atoms with Crippen LogP contribution >= 0.6 is 0 Å². The summed E-state index contributed by atoms with van der Waals surface area (Å²) in [4.78, 5) is 4.37. The molecular formula is C15H23N3. The summed E-state index contributed by atoms with van der Waals surface area (Å²) in [5, 5.41) is 2.98. The normalized spacial score (nSPS) is 12.3. The van der Waals surface area contributed by atoms with Gasteiger partial charge in [-0.15, -0.1) is 6.58 Å². The molecule has 18 heavy (non-hydrogen) atoms. The van der Waals surface area contributed by atoms with Crippen molar-refractivity contribution in [2.24, 2.45) is 10.7 Å². The molecule has 3 heteroatoms. The van der Waals surface area contributed by atoms with Crippen LogP contribution in [-0.4, -0.2) is 19.0 Å². The fourth-order valence-corrected chi connectivity index (χ4v) is 1.61. The molecule has 0 spiro atoms. The van der Waals surface area contributed by atoms with Gasteiger partial charge in [0.2, 0.25) is 0 Å². The minimum atomic E-state index is -0.0197. The number of nitrogens with two attached hydrogens (primary N) is 1. The summed E-state index contributed by atoms with van der Waals surface area (Å²) in [5.41, 5.74) is 8.28. The highest BCUT2D eigenvalue weighted by Crippen LogP contribution is 2.23. The molecule has 3 N–H and O–H groups in total. The number of nitrogens with one attached hydrogen (secondary N) is 1. The van der Waals surface area contributed by atoms with Crippen LogP contribution < -0.4 is 11.1 Å². The van der Waals surface area contributed by atoms with Gasteiger partial charge in [-0.05, 0) is 12.5 Å². The Bertz CT molecular complexity index is 416. The largest absolute Gasteiger partial charge is 0.370 e. The lowest BCUT2D eigenvalue weighted by Crippen LogP contribution is -2.33. The Balaban J connectivity index is 2.69. The van der Waals surface area contributed by atoms with Gasteiger partial charge >= 0.3 is 0 Å². The van der Waals surface area contributed by atoms with Gasteiger partial charge in [0.15, 0.2) is 5.96 Å². The van der Waals surface area contributed by atoms with E-state index in [1.807, 2.05) is 0 Å². The molecule has 0 bridgehead atoms. The monoisotopic (exact) mass is 245 g/mol. The predicted molar refractivity (Wildman–Crippen MR) is 78.9 cm³/mol. The van der Waals surface area contributed by atoms with E-state index in [2.05, 4.69) is 61.9 Å². The van der Waals surface area contributed by atoms with Crippen molar-refractivity contribution in [2.75, 3.05) is 13.1 Å². The SMILES string of the molecule is C=CCNC(N)=NCC(C)(C)c1ccc(C)cc1. The molecule has 0 aliphatic carbocycles. The van der Waals surface area contributed by atoms with Crippen LogP contribution in [0.2, 0.25) is 0 Å². The van der Waals surface area contributed by atoms with E-state index in [9.17, 15) is 0 Å². The van der Waals surface area contributed by atoms with Crippen LogP contribution in [0.25, 0.3) is 0 Å². The van der Waals surface area contributed by atoms with Crippen molar-refractivity contribution in [3.63, 3.8) is 0 Å². The molecule has 0 unspecified atom stereocenters. The van der Waals surface area contributed by atoms with Gasteiger partial charge in [0.1, 0.15) is 0 Å². The van der Waals surface area contributed by atoms with Crippen LogP contribution in [0.15, 0.2) is 41.9 Å². The van der Waals surface area contributed by atoms with Crippen molar-refractivity contribution >= 4 is 5.96 Å². The molecule has 1 rings (SSSR count). The molecule has 1 aromatic rings. The summed E-state index contributed by atoms with van der Waals surface area (Å²) in [7, 11) is 0. The van der Waals surface area contributed by atoms with E-state index < -0.39 is 0 Å². The molecule has 1 aromatic carbocycles. The highest BCUT2D eigenvalue weighted by atomic mass is 15.1. The molecule has 98 valence electrons. The van der Waals surface area contributed by atoms with Crippen molar-refractivity contribution in [3.8, 4) is 0 Å². The van der Waals surface area contributed by atoms with E-state index >= 15 is 0 Å². The number of hydrogen-bond acceptors (Lipinski definition) is 1. The maximum Gasteiger partial charge on any atom is 0.188 e. The average molecular weight is 245 g/mol. The lowest BCUT2D eigenvalue weighted by molar-refractivity contribution is 0.539. The Morgan fingerprint density at radius 1 is 1.39 bits per heavy atom. The molecule has 0 aliphatic rings. The lowest BCUT2D eigenvalue weighted by Gasteiger charge is -2.23. The average Bonchev–Trinajstić information content (AvgIpc) is 2.34. The fourth-order valence-electron chi connectivity index (χ4n) is 1.61. The Morgan fingerprint density at radius 3 is 2.56 bits per heavy atom. The van der Waals surface area contributed by atoms with Crippen LogP contribution in [0.5, 0.6) is 0 Å². The first-order valence-electron chi connectivity index (χ1n) is 6.17. The second-order valence-electron chi connectivity index (χ2n) is 5.12. The zero-order chi connectivity index (χ0) is 13.6. The Hall–Kier alpha value is -1.77. The predicted octanol–water partition coefficient (Wildman–Crippen LogP) is 2.36. The fraction of sp³-hybridized carbons (Fsp3) is 0.400. The van der Waals surface area contributed by atoms with Crippen LogP contribution in [0.3, 0.4) is 0 Å². The molecule has 3 nitrogen and oxygen atoms in total. The van der Waals surface area contributed by atoms with Gasteiger partial charge in [0.05, 0.1) is 6.54 Å². The van der Waals surface area contributed by atoms with Crippen molar-refractivity contribution in [1.82, 2.24) is 5.32 Å². The van der Waals surface area contributed by atoms with E-state index in [4.69, 9.17) is 5.73 Å². The third kappa shape index (κ3) is 4.24. The maximum absolute atomic E-state index is 5.76. The molecule has 0 saturated heterocycles. The van der Waals surface area contributed by atoms with E-state index in [0.29, 0.717) is 19.0 Å². The molecule has 0 atom stereocenters. The molecule has 0 radical (unpaired) electrons. The molecule has 0 heterocycles. The number of hydrogen-bond donors (Lipinski definition) is 2. The smallest absolute Gasteiger partial charge is 0.188 e. The second-order valence-corrected chi connectivity index (χ2v) is 5.12. The quantitative estimate of drug-likeness (QED) is 0.475. The van der Waals surface area contributed by atoms with Crippen LogP contribution in [0.4, 0.5) is 0 Å². The lowest BCUT2D eigenvalue weighted by atomic mass is 9.84. The molecule has 0 aliphatic heterocycles. The van der Waals surface area contributed by atoms with Crippen LogP contribution in [0.1, 0.15) is 25.0 Å². The van der Waals surface area contributed by atoms with Gasteiger partial charge in [-0.25, -0.2) is 0 Å². The first kappa shape index (κ1) is 14.3. The highest BCUT2D eigenvalue weighted by molar-refractivity contribution is 5.78. The van der Waals surface area contributed by atoms with E-state index in [1.54, 1.807) is 6.08 Å². The summed E-state index contributed by atoms with van der Waals surface area (Å²) in [5.74, 6) is 0.468. The Kier molecular flexibility index (Phi) is 4.95.